The Morgan fingerprint density at radius 3 is 2.06 bits per heavy atom. The number of hydrogen-bond donors (Lipinski definition) is 0. The number of guanidine groups is 1. The highest BCUT2D eigenvalue weighted by Gasteiger charge is 2.02. The van der Waals surface area contributed by atoms with Gasteiger partial charge in [-0.05, 0) is 26.7 Å². The lowest BCUT2D eigenvalue weighted by atomic mass is 10.3. The summed E-state index contributed by atoms with van der Waals surface area (Å²) < 4.78 is 5.47. The first-order valence-electron chi connectivity index (χ1n) is 5.95. The molecule has 0 aliphatic rings. The predicted molar refractivity (Wildman–Crippen MR) is 70.0 cm³/mol. The van der Waals surface area contributed by atoms with E-state index in [-0.39, 0.29) is 0 Å². The average Bonchev–Trinajstić information content (AvgIpc) is 2.14. The molecular weight excluding hydrogens is 202 g/mol. The Kier molecular flexibility index (Phi) is 7.99. The monoisotopic (exact) mass is 229 g/mol. The van der Waals surface area contributed by atoms with Crippen LogP contribution in [0.1, 0.15) is 26.7 Å². The SMILES string of the molecule is CC(C)OCCCCN=C(N(C)C)N(C)C. The molecule has 4 nitrogen and oxygen atoms in total. The standard InChI is InChI=1S/C12H27N3O/c1-11(2)16-10-8-7-9-13-12(14(3)4)15(5)6/h11H,7-10H2,1-6H3. The molecule has 0 unspecified atom stereocenters. The summed E-state index contributed by atoms with van der Waals surface area (Å²) in [5.74, 6) is 1.02. The Labute approximate surface area is 100 Å². The molecule has 96 valence electrons. The third-order valence-electron chi connectivity index (χ3n) is 2.06. The lowest BCUT2D eigenvalue weighted by Gasteiger charge is -2.22. The molecule has 0 saturated heterocycles. The van der Waals surface area contributed by atoms with Crippen LogP contribution in [0.15, 0.2) is 4.99 Å². The summed E-state index contributed by atoms with van der Waals surface area (Å²) in [4.78, 5) is 8.62. The van der Waals surface area contributed by atoms with Crippen molar-refractivity contribution in [2.75, 3.05) is 41.3 Å². The summed E-state index contributed by atoms with van der Waals surface area (Å²) in [5, 5.41) is 0. The lowest BCUT2D eigenvalue weighted by molar-refractivity contribution is 0.0763. The molecular formula is C12H27N3O. The van der Waals surface area contributed by atoms with Crippen LogP contribution in [0, 0.1) is 0 Å². The van der Waals surface area contributed by atoms with Gasteiger partial charge in [-0.3, -0.25) is 4.99 Å². The summed E-state index contributed by atoms with van der Waals surface area (Å²) in [6.45, 7) is 5.84. The van der Waals surface area contributed by atoms with Crippen LogP contribution in [0.5, 0.6) is 0 Å². The van der Waals surface area contributed by atoms with Crippen molar-refractivity contribution in [1.82, 2.24) is 9.80 Å². The molecule has 0 aromatic rings. The highest BCUT2D eigenvalue weighted by molar-refractivity contribution is 5.79. The number of ether oxygens (including phenoxy) is 1. The second-order valence-corrected chi connectivity index (χ2v) is 4.60. The van der Waals surface area contributed by atoms with Crippen molar-refractivity contribution in [2.45, 2.75) is 32.8 Å². The topological polar surface area (TPSA) is 28.1 Å². The first-order chi connectivity index (χ1) is 7.45. The van der Waals surface area contributed by atoms with Crippen LogP contribution in [0.3, 0.4) is 0 Å². The zero-order valence-corrected chi connectivity index (χ0v) is 11.7. The van der Waals surface area contributed by atoms with Gasteiger partial charge in [-0.15, -0.1) is 0 Å². The minimum absolute atomic E-state index is 0.336. The van der Waals surface area contributed by atoms with Crippen LogP contribution in [-0.4, -0.2) is 63.2 Å². The van der Waals surface area contributed by atoms with E-state index in [1.54, 1.807) is 0 Å². The fraction of sp³-hybridized carbons (Fsp3) is 0.917. The van der Waals surface area contributed by atoms with E-state index in [1.165, 1.54) is 0 Å². The van der Waals surface area contributed by atoms with E-state index in [0.717, 1.165) is 32.0 Å². The van der Waals surface area contributed by atoms with E-state index in [4.69, 9.17) is 4.74 Å². The van der Waals surface area contributed by atoms with E-state index in [2.05, 4.69) is 18.8 Å². The normalized spacial score (nSPS) is 10.4. The summed E-state index contributed by atoms with van der Waals surface area (Å²) in [5.41, 5.74) is 0. The molecule has 0 aromatic heterocycles. The maximum absolute atomic E-state index is 5.47. The summed E-state index contributed by atoms with van der Waals surface area (Å²) in [7, 11) is 8.06. The van der Waals surface area contributed by atoms with Gasteiger partial charge in [-0.25, -0.2) is 0 Å². The Morgan fingerprint density at radius 2 is 1.62 bits per heavy atom. The fourth-order valence-corrected chi connectivity index (χ4v) is 1.39. The average molecular weight is 229 g/mol. The molecule has 0 amide bonds. The molecule has 0 N–H and O–H groups in total. The molecule has 0 radical (unpaired) electrons. The summed E-state index contributed by atoms with van der Waals surface area (Å²) >= 11 is 0. The van der Waals surface area contributed by atoms with E-state index in [9.17, 15) is 0 Å². The van der Waals surface area contributed by atoms with Crippen molar-refractivity contribution < 1.29 is 4.74 Å². The molecule has 0 rings (SSSR count). The number of nitrogens with zero attached hydrogens (tertiary/aromatic N) is 3. The van der Waals surface area contributed by atoms with E-state index in [1.807, 2.05) is 38.0 Å². The van der Waals surface area contributed by atoms with E-state index >= 15 is 0 Å². The van der Waals surface area contributed by atoms with Crippen LogP contribution in [0.25, 0.3) is 0 Å². The molecule has 0 aliphatic carbocycles. The molecule has 0 aliphatic heterocycles. The first kappa shape index (κ1) is 15.2. The first-order valence-corrected chi connectivity index (χ1v) is 5.95. The van der Waals surface area contributed by atoms with Crippen LogP contribution in [0.2, 0.25) is 0 Å². The van der Waals surface area contributed by atoms with Gasteiger partial charge in [0.25, 0.3) is 0 Å². The van der Waals surface area contributed by atoms with Crippen LogP contribution >= 0.6 is 0 Å². The van der Waals surface area contributed by atoms with Crippen molar-refractivity contribution in [3.05, 3.63) is 0 Å². The zero-order valence-electron chi connectivity index (χ0n) is 11.7. The molecule has 0 spiro atoms. The Hall–Kier alpha value is -0.770. The van der Waals surface area contributed by atoms with Crippen molar-refractivity contribution in [3.63, 3.8) is 0 Å². The van der Waals surface area contributed by atoms with Gasteiger partial charge < -0.3 is 14.5 Å². The smallest absolute Gasteiger partial charge is 0.195 e. The van der Waals surface area contributed by atoms with Gasteiger partial charge in [-0.1, -0.05) is 0 Å². The lowest BCUT2D eigenvalue weighted by Crippen LogP contribution is -2.35. The second-order valence-electron chi connectivity index (χ2n) is 4.60. The summed E-state index contributed by atoms with van der Waals surface area (Å²) in [6.07, 6.45) is 2.50. The molecule has 0 heterocycles. The van der Waals surface area contributed by atoms with Gasteiger partial charge in [0.05, 0.1) is 6.10 Å². The third-order valence-corrected chi connectivity index (χ3v) is 2.06. The third kappa shape index (κ3) is 7.51. The van der Waals surface area contributed by atoms with Crippen LogP contribution < -0.4 is 0 Å². The molecule has 0 saturated carbocycles. The summed E-state index contributed by atoms with van der Waals surface area (Å²) in [6, 6.07) is 0. The van der Waals surface area contributed by atoms with E-state index < -0.39 is 0 Å². The highest BCUT2D eigenvalue weighted by Crippen LogP contribution is 1.96. The Balaban J connectivity index is 3.72. The van der Waals surface area contributed by atoms with E-state index in [0.29, 0.717) is 6.10 Å². The molecule has 0 fully saturated rings. The minimum Gasteiger partial charge on any atom is -0.379 e. The fourth-order valence-electron chi connectivity index (χ4n) is 1.39. The number of aliphatic imine (C=N–C) groups is 1. The zero-order chi connectivity index (χ0) is 12.6. The molecule has 0 aromatic carbocycles. The van der Waals surface area contributed by atoms with Gasteiger partial charge in [0.1, 0.15) is 0 Å². The molecule has 0 bridgehead atoms. The van der Waals surface area contributed by atoms with Gasteiger partial charge in [0, 0.05) is 41.3 Å². The molecule has 0 atom stereocenters. The molecule has 4 heteroatoms. The number of rotatable bonds is 6. The van der Waals surface area contributed by atoms with Crippen molar-refractivity contribution in [1.29, 1.82) is 0 Å². The van der Waals surface area contributed by atoms with Crippen LogP contribution in [-0.2, 0) is 4.74 Å². The quantitative estimate of drug-likeness (QED) is 0.394. The predicted octanol–water partition coefficient (Wildman–Crippen LogP) is 1.67. The largest absolute Gasteiger partial charge is 0.379 e. The maximum atomic E-state index is 5.47. The minimum atomic E-state index is 0.336. The Bertz CT molecular complexity index is 190. The Morgan fingerprint density at radius 1 is 1.06 bits per heavy atom. The van der Waals surface area contributed by atoms with Crippen molar-refractivity contribution >= 4 is 5.96 Å². The van der Waals surface area contributed by atoms with Gasteiger partial charge in [0.2, 0.25) is 0 Å². The number of unbranched alkanes of at least 4 members (excludes halogenated alkanes) is 1. The number of hydrogen-bond acceptors (Lipinski definition) is 2. The van der Waals surface area contributed by atoms with Crippen LogP contribution in [0.4, 0.5) is 0 Å². The van der Waals surface area contributed by atoms with Crippen molar-refractivity contribution in [3.8, 4) is 0 Å². The van der Waals surface area contributed by atoms with Gasteiger partial charge in [-0.2, -0.15) is 0 Å². The highest BCUT2D eigenvalue weighted by atomic mass is 16.5. The maximum Gasteiger partial charge on any atom is 0.195 e. The molecule has 16 heavy (non-hydrogen) atoms. The van der Waals surface area contributed by atoms with Crippen molar-refractivity contribution in [2.24, 2.45) is 4.99 Å². The second kappa shape index (κ2) is 8.39. The van der Waals surface area contributed by atoms with Gasteiger partial charge in [0.15, 0.2) is 5.96 Å². The van der Waals surface area contributed by atoms with Gasteiger partial charge >= 0.3 is 0 Å².